The van der Waals surface area contributed by atoms with Crippen LogP contribution in [0.25, 0.3) is 5.57 Å². The molecule has 0 unspecified atom stereocenters. The Bertz CT molecular complexity index is 1080. The van der Waals surface area contributed by atoms with Crippen molar-refractivity contribution in [3.63, 3.8) is 0 Å². The molecule has 2 amide bonds. The number of carbonyl (C=O) groups is 2. The van der Waals surface area contributed by atoms with Gasteiger partial charge < -0.3 is 14.7 Å². The van der Waals surface area contributed by atoms with Crippen LogP contribution < -0.4 is 9.64 Å². The molecule has 0 radical (unpaired) electrons. The Morgan fingerprint density at radius 3 is 2.34 bits per heavy atom. The molecule has 1 N–H and O–H groups in total. The number of ether oxygens (including phenoxy) is 1. The SMILES string of the molecule is COc1ccccc1C1=C(N2CCN(CCO)CC2)C(=O)N(c2ccc(F)c(F)c2)C1=O. The zero-order valence-electron chi connectivity index (χ0n) is 17.6. The van der Waals surface area contributed by atoms with E-state index in [4.69, 9.17) is 4.74 Å². The van der Waals surface area contributed by atoms with E-state index in [0.717, 1.165) is 17.0 Å². The number of imide groups is 1. The standard InChI is InChI=1S/C23H23F2N3O4/c1-32-19-5-3-2-4-16(19)20-21(27-10-8-26(9-11-27)12-13-29)23(31)28(22(20)30)15-6-7-17(24)18(25)14-15/h2-7,14,29H,8-13H2,1H3. The van der Waals surface area contributed by atoms with Crippen molar-refractivity contribution in [2.24, 2.45) is 0 Å². The molecule has 2 aliphatic rings. The first kappa shape index (κ1) is 21.9. The topological polar surface area (TPSA) is 73.3 Å². The third-order valence-corrected chi connectivity index (χ3v) is 5.70. The van der Waals surface area contributed by atoms with Crippen LogP contribution in [0, 0.1) is 11.6 Å². The molecular weight excluding hydrogens is 420 g/mol. The van der Waals surface area contributed by atoms with Gasteiger partial charge in [0.25, 0.3) is 11.8 Å². The first-order valence-electron chi connectivity index (χ1n) is 10.3. The highest BCUT2D eigenvalue weighted by Gasteiger charge is 2.44. The van der Waals surface area contributed by atoms with Gasteiger partial charge in [-0.3, -0.25) is 14.5 Å². The molecule has 9 heteroatoms. The summed E-state index contributed by atoms with van der Waals surface area (Å²) in [5, 5.41) is 9.18. The van der Waals surface area contributed by atoms with Crippen LogP contribution in [0.4, 0.5) is 14.5 Å². The highest BCUT2D eigenvalue weighted by Crippen LogP contribution is 2.38. The van der Waals surface area contributed by atoms with Gasteiger partial charge in [0.05, 0.1) is 25.0 Å². The molecule has 7 nitrogen and oxygen atoms in total. The fourth-order valence-corrected chi connectivity index (χ4v) is 4.10. The second kappa shape index (κ2) is 9.05. The van der Waals surface area contributed by atoms with Gasteiger partial charge in [-0.2, -0.15) is 0 Å². The number of halogens is 2. The summed E-state index contributed by atoms with van der Waals surface area (Å²) in [5.41, 5.74) is 0.770. The largest absolute Gasteiger partial charge is 0.496 e. The lowest BCUT2D eigenvalue weighted by Gasteiger charge is -2.36. The van der Waals surface area contributed by atoms with Gasteiger partial charge >= 0.3 is 0 Å². The average molecular weight is 443 g/mol. The number of aliphatic hydroxyl groups is 1. The van der Waals surface area contributed by atoms with E-state index in [-0.39, 0.29) is 23.6 Å². The van der Waals surface area contributed by atoms with Crippen molar-refractivity contribution in [3.05, 3.63) is 65.4 Å². The number of hydrogen-bond acceptors (Lipinski definition) is 6. The van der Waals surface area contributed by atoms with Gasteiger partial charge in [0.1, 0.15) is 11.4 Å². The van der Waals surface area contributed by atoms with Crippen molar-refractivity contribution in [1.29, 1.82) is 0 Å². The van der Waals surface area contributed by atoms with Gasteiger partial charge in [-0.25, -0.2) is 13.7 Å². The van der Waals surface area contributed by atoms with Crippen molar-refractivity contribution >= 4 is 23.1 Å². The lowest BCUT2D eigenvalue weighted by atomic mass is 10.0. The Morgan fingerprint density at radius 1 is 0.969 bits per heavy atom. The summed E-state index contributed by atoms with van der Waals surface area (Å²) in [4.78, 5) is 31.8. The molecule has 0 aliphatic carbocycles. The lowest BCUT2D eigenvalue weighted by Crippen LogP contribution is -2.48. The molecule has 32 heavy (non-hydrogen) atoms. The fourth-order valence-electron chi connectivity index (χ4n) is 4.10. The number of β-amino-alcohol motifs (C(OH)–C–C–N with tert-alkyl or cyclic N) is 1. The third kappa shape index (κ3) is 3.85. The number of amides is 2. The van der Waals surface area contributed by atoms with E-state index in [2.05, 4.69) is 4.90 Å². The van der Waals surface area contributed by atoms with Crippen LogP contribution in [-0.4, -0.2) is 73.2 Å². The minimum Gasteiger partial charge on any atom is -0.496 e. The fraction of sp³-hybridized carbons (Fsp3) is 0.304. The second-order valence-electron chi connectivity index (χ2n) is 7.52. The van der Waals surface area contributed by atoms with Crippen molar-refractivity contribution < 1.29 is 28.2 Å². The van der Waals surface area contributed by atoms with Gasteiger partial charge in [0.2, 0.25) is 0 Å². The summed E-state index contributed by atoms with van der Waals surface area (Å²) in [6.07, 6.45) is 0. The van der Waals surface area contributed by atoms with Crippen LogP contribution >= 0.6 is 0 Å². The van der Waals surface area contributed by atoms with Crippen LogP contribution in [0.1, 0.15) is 5.56 Å². The molecule has 0 bridgehead atoms. The van der Waals surface area contributed by atoms with E-state index < -0.39 is 23.4 Å². The summed E-state index contributed by atoms with van der Waals surface area (Å²) >= 11 is 0. The number of para-hydroxylation sites is 1. The zero-order chi connectivity index (χ0) is 22.8. The molecule has 168 valence electrons. The normalized spacial score (nSPS) is 17.5. The summed E-state index contributed by atoms with van der Waals surface area (Å²) in [6.45, 7) is 2.72. The molecular formula is C23H23F2N3O4. The summed E-state index contributed by atoms with van der Waals surface area (Å²) in [7, 11) is 1.47. The van der Waals surface area contributed by atoms with E-state index in [9.17, 15) is 23.5 Å². The van der Waals surface area contributed by atoms with E-state index >= 15 is 0 Å². The molecule has 0 saturated carbocycles. The van der Waals surface area contributed by atoms with Crippen LogP contribution in [0.15, 0.2) is 48.2 Å². The number of rotatable bonds is 6. The number of aliphatic hydroxyl groups excluding tert-OH is 1. The minimum absolute atomic E-state index is 0.0382. The molecule has 2 aliphatic heterocycles. The van der Waals surface area contributed by atoms with Crippen molar-refractivity contribution in [2.75, 3.05) is 51.3 Å². The number of anilines is 1. The van der Waals surface area contributed by atoms with Gasteiger partial charge in [-0.05, 0) is 18.2 Å². The third-order valence-electron chi connectivity index (χ3n) is 5.70. The van der Waals surface area contributed by atoms with Gasteiger partial charge in [-0.1, -0.05) is 18.2 Å². The van der Waals surface area contributed by atoms with Gasteiger partial charge in [0, 0.05) is 44.4 Å². The minimum atomic E-state index is -1.15. The lowest BCUT2D eigenvalue weighted by molar-refractivity contribution is -0.120. The Hall–Kier alpha value is -3.30. The number of nitrogens with zero attached hydrogens (tertiary/aromatic N) is 3. The van der Waals surface area contributed by atoms with E-state index in [1.54, 1.807) is 24.3 Å². The maximum absolute atomic E-state index is 13.9. The molecule has 0 atom stereocenters. The number of piperazine rings is 1. The maximum atomic E-state index is 13.9. The van der Waals surface area contributed by atoms with Crippen molar-refractivity contribution in [3.8, 4) is 5.75 Å². The highest BCUT2D eigenvalue weighted by atomic mass is 19.2. The molecule has 2 heterocycles. The Labute approximate surface area is 184 Å². The average Bonchev–Trinajstić information content (AvgIpc) is 3.06. The summed E-state index contributed by atoms with van der Waals surface area (Å²) in [5.74, 6) is -3.01. The molecule has 1 saturated heterocycles. The first-order valence-corrected chi connectivity index (χ1v) is 10.3. The quantitative estimate of drug-likeness (QED) is 0.688. The summed E-state index contributed by atoms with van der Waals surface area (Å²) in [6, 6.07) is 9.81. The predicted molar refractivity (Wildman–Crippen MR) is 114 cm³/mol. The van der Waals surface area contributed by atoms with Crippen molar-refractivity contribution in [1.82, 2.24) is 9.80 Å². The number of methoxy groups -OCH3 is 1. The Balaban J connectivity index is 1.79. The van der Waals surface area contributed by atoms with Gasteiger partial charge in [-0.15, -0.1) is 0 Å². The Morgan fingerprint density at radius 2 is 1.69 bits per heavy atom. The molecule has 2 aromatic carbocycles. The van der Waals surface area contributed by atoms with Crippen LogP contribution in [0.2, 0.25) is 0 Å². The molecule has 0 aromatic heterocycles. The maximum Gasteiger partial charge on any atom is 0.282 e. The van der Waals surface area contributed by atoms with Crippen LogP contribution in [-0.2, 0) is 9.59 Å². The molecule has 1 fully saturated rings. The molecule has 0 spiro atoms. The summed E-state index contributed by atoms with van der Waals surface area (Å²) < 4.78 is 32.8. The predicted octanol–water partition coefficient (Wildman–Crippen LogP) is 1.87. The number of benzene rings is 2. The van der Waals surface area contributed by atoms with Crippen LogP contribution in [0.5, 0.6) is 5.75 Å². The van der Waals surface area contributed by atoms with Crippen LogP contribution in [0.3, 0.4) is 0 Å². The Kier molecular flexibility index (Phi) is 6.20. The zero-order valence-corrected chi connectivity index (χ0v) is 17.6. The number of hydrogen-bond donors (Lipinski definition) is 1. The van der Waals surface area contributed by atoms with Gasteiger partial charge in [0.15, 0.2) is 11.6 Å². The molecule has 2 aromatic rings. The monoisotopic (exact) mass is 443 g/mol. The highest BCUT2D eigenvalue weighted by molar-refractivity contribution is 6.45. The molecule has 4 rings (SSSR count). The van der Waals surface area contributed by atoms with E-state index in [1.165, 1.54) is 13.2 Å². The second-order valence-corrected chi connectivity index (χ2v) is 7.52. The van der Waals surface area contributed by atoms with E-state index in [0.29, 0.717) is 44.0 Å². The van der Waals surface area contributed by atoms with Crippen molar-refractivity contribution in [2.45, 2.75) is 0 Å². The number of carbonyl (C=O) groups excluding carboxylic acids is 2. The van der Waals surface area contributed by atoms with E-state index in [1.807, 2.05) is 4.90 Å². The first-order chi connectivity index (χ1) is 15.5. The smallest absolute Gasteiger partial charge is 0.282 e.